The molecule has 0 saturated carbocycles. The van der Waals surface area contributed by atoms with Gasteiger partial charge in [0.05, 0.1) is 38.1 Å². The summed E-state index contributed by atoms with van der Waals surface area (Å²) in [5.74, 6) is 0.649. The SMILES string of the molecule is CCOc1cc(/C=N/NC(=O)c2cc(-c3ccccc3)nc3ccccc23)cc(I)c1OCc1cccc([N+](=O)[O-])c1. The van der Waals surface area contributed by atoms with Crippen LogP contribution in [0.25, 0.3) is 22.2 Å². The second-order valence-electron chi connectivity index (χ2n) is 9.12. The maximum Gasteiger partial charge on any atom is 0.272 e. The van der Waals surface area contributed by atoms with Crippen molar-refractivity contribution in [1.29, 1.82) is 0 Å². The number of halogens is 1. The molecule has 0 atom stereocenters. The number of hydrogen-bond donors (Lipinski definition) is 1. The van der Waals surface area contributed by atoms with E-state index in [9.17, 15) is 14.9 Å². The van der Waals surface area contributed by atoms with Gasteiger partial charge in [0.2, 0.25) is 0 Å². The summed E-state index contributed by atoms with van der Waals surface area (Å²) in [6.07, 6.45) is 1.54. The predicted octanol–water partition coefficient (Wildman–Crippen LogP) is 7.16. The molecule has 0 fully saturated rings. The summed E-state index contributed by atoms with van der Waals surface area (Å²) in [7, 11) is 0. The normalized spacial score (nSPS) is 11.0. The Morgan fingerprint density at radius 3 is 2.57 bits per heavy atom. The molecule has 10 heteroatoms. The number of nitro groups is 1. The number of rotatable bonds is 10. The Hall–Kier alpha value is -4.84. The zero-order valence-corrected chi connectivity index (χ0v) is 24.6. The van der Waals surface area contributed by atoms with Crippen LogP contribution in [0.3, 0.4) is 0 Å². The lowest BCUT2D eigenvalue weighted by molar-refractivity contribution is -0.384. The number of pyridine rings is 1. The van der Waals surface area contributed by atoms with Gasteiger partial charge in [0.15, 0.2) is 11.5 Å². The number of non-ortho nitro benzene ring substituents is 1. The van der Waals surface area contributed by atoms with Crippen LogP contribution in [0.1, 0.15) is 28.4 Å². The van der Waals surface area contributed by atoms with Crippen molar-refractivity contribution >= 4 is 51.3 Å². The van der Waals surface area contributed by atoms with Gasteiger partial charge < -0.3 is 9.47 Å². The average molecular weight is 672 g/mol. The molecule has 9 nitrogen and oxygen atoms in total. The minimum atomic E-state index is -0.439. The number of para-hydroxylation sites is 1. The molecule has 1 amide bonds. The fraction of sp³-hybridized carbons (Fsp3) is 0.0938. The van der Waals surface area contributed by atoms with Gasteiger partial charge in [-0.15, -0.1) is 0 Å². The van der Waals surface area contributed by atoms with Crippen molar-refractivity contribution in [2.24, 2.45) is 5.10 Å². The second-order valence-corrected chi connectivity index (χ2v) is 10.3. The van der Waals surface area contributed by atoms with Crippen LogP contribution in [-0.2, 0) is 6.61 Å². The van der Waals surface area contributed by atoms with Gasteiger partial charge in [-0.25, -0.2) is 10.4 Å². The highest BCUT2D eigenvalue weighted by atomic mass is 127. The molecule has 42 heavy (non-hydrogen) atoms. The van der Waals surface area contributed by atoms with E-state index in [0.717, 1.165) is 14.5 Å². The third-order valence-electron chi connectivity index (χ3n) is 6.25. The lowest BCUT2D eigenvalue weighted by Gasteiger charge is -2.14. The number of carbonyl (C=O) groups excluding carboxylic acids is 1. The van der Waals surface area contributed by atoms with E-state index in [1.165, 1.54) is 18.3 Å². The fourth-order valence-corrected chi connectivity index (χ4v) is 5.11. The summed E-state index contributed by atoms with van der Waals surface area (Å²) in [6.45, 7) is 2.40. The van der Waals surface area contributed by atoms with E-state index in [0.29, 0.717) is 46.0 Å². The number of nitro benzene ring substituents is 1. The van der Waals surface area contributed by atoms with Crippen molar-refractivity contribution in [3.8, 4) is 22.8 Å². The summed E-state index contributed by atoms with van der Waals surface area (Å²) < 4.78 is 12.6. The van der Waals surface area contributed by atoms with Gasteiger partial charge >= 0.3 is 0 Å². The van der Waals surface area contributed by atoms with Gasteiger partial charge in [-0.3, -0.25) is 14.9 Å². The molecule has 0 saturated heterocycles. The number of fused-ring (bicyclic) bond motifs is 1. The molecule has 1 heterocycles. The maximum atomic E-state index is 13.3. The molecular weight excluding hydrogens is 647 g/mol. The van der Waals surface area contributed by atoms with Crippen LogP contribution in [0.2, 0.25) is 0 Å². The molecular formula is C32H25IN4O5. The Morgan fingerprint density at radius 2 is 1.79 bits per heavy atom. The highest BCUT2D eigenvalue weighted by Gasteiger charge is 2.15. The van der Waals surface area contributed by atoms with Crippen LogP contribution in [0, 0.1) is 13.7 Å². The minimum absolute atomic E-state index is 0.000452. The van der Waals surface area contributed by atoms with Crippen molar-refractivity contribution < 1.29 is 19.2 Å². The number of carbonyl (C=O) groups is 1. The number of aromatic nitrogens is 1. The van der Waals surface area contributed by atoms with E-state index in [1.807, 2.05) is 67.6 Å². The Morgan fingerprint density at radius 1 is 1.00 bits per heavy atom. The molecule has 0 spiro atoms. The van der Waals surface area contributed by atoms with E-state index in [-0.39, 0.29) is 18.2 Å². The average Bonchev–Trinajstić information content (AvgIpc) is 3.00. The standard InChI is InChI=1S/C32H25IN4O5/c1-2-41-30-17-22(16-27(33)31(30)42-20-21-9-8-12-24(15-21)37(39)40)19-34-36-32(38)26-18-29(23-10-4-3-5-11-23)35-28-14-7-6-13-25(26)28/h3-19H,2,20H2,1H3,(H,36,38)/b34-19+. The summed E-state index contributed by atoms with van der Waals surface area (Å²) in [5.41, 5.74) is 6.77. The number of hydrogen-bond acceptors (Lipinski definition) is 7. The molecule has 1 N–H and O–H groups in total. The number of nitrogens with zero attached hydrogens (tertiary/aromatic N) is 3. The largest absolute Gasteiger partial charge is 0.490 e. The molecule has 210 valence electrons. The molecule has 0 aliphatic heterocycles. The lowest BCUT2D eigenvalue weighted by atomic mass is 10.0. The summed E-state index contributed by atoms with van der Waals surface area (Å²) in [6, 6.07) is 28.9. The number of amides is 1. The van der Waals surface area contributed by atoms with E-state index in [1.54, 1.807) is 24.3 Å². The first-order valence-electron chi connectivity index (χ1n) is 13.0. The molecule has 5 aromatic rings. The van der Waals surface area contributed by atoms with Crippen molar-refractivity contribution in [3.63, 3.8) is 0 Å². The number of ether oxygens (including phenoxy) is 2. The Kier molecular flexibility index (Phi) is 9.02. The molecule has 0 radical (unpaired) electrons. The zero-order chi connectivity index (χ0) is 29.5. The van der Waals surface area contributed by atoms with Gasteiger partial charge in [0, 0.05) is 23.1 Å². The van der Waals surface area contributed by atoms with Crippen molar-refractivity contribution in [1.82, 2.24) is 10.4 Å². The fourth-order valence-electron chi connectivity index (χ4n) is 4.33. The summed E-state index contributed by atoms with van der Waals surface area (Å²) in [5, 5.41) is 16.0. The monoisotopic (exact) mass is 672 g/mol. The van der Waals surface area contributed by atoms with Crippen LogP contribution in [0.5, 0.6) is 11.5 Å². The van der Waals surface area contributed by atoms with E-state index >= 15 is 0 Å². The first kappa shape index (κ1) is 28.7. The molecule has 0 aliphatic carbocycles. The quantitative estimate of drug-likeness (QED) is 0.0729. The first-order chi connectivity index (χ1) is 20.4. The molecule has 0 unspecified atom stereocenters. The van der Waals surface area contributed by atoms with Crippen LogP contribution < -0.4 is 14.9 Å². The smallest absolute Gasteiger partial charge is 0.272 e. The molecule has 4 aromatic carbocycles. The zero-order valence-electron chi connectivity index (χ0n) is 22.5. The second kappa shape index (κ2) is 13.2. The number of benzene rings is 4. The number of hydrazone groups is 1. The molecule has 0 aliphatic rings. The van der Waals surface area contributed by atoms with E-state index in [2.05, 4.69) is 33.1 Å². The van der Waals surface area contributed by atoms with E-state index in [4.69, 9.17) is 14.5 Å². The Bertz CT molecular complexity index is 1790. The van der Waals surface area contributed by atoms with Gasteiger partial charge in [0.25, 0.3) is 11.6 Å². The Balaban J connectivity index is 1.35. The van der Waals surface area contributed by atoms with Crippen molar-refractivity contribution in [2.75, 3.05) is 6.61 Å². The molecule has 1 aromatic heterocycles. The van der Waals surface area contributed by atoms with Crippen LogP contribution in [0.15, 0.2) is 102 Å². The summed E-state index contributed by atoms with van der Waals surface area (Å²) >= 11 is 2.14. The number of nitrogens with one attached hydrogen (secondary N) is 1. The van der Waals surface area contributed by atoms with Gasteiger partial charge in [-0.05, 0) is 64.9 Å². The Labute approximate surface area is 255 Å². The minimum Gasteiger partial charge on any atom is -0.490 e. The summed E-state index contributed by atoms with van der Waals surface area (Å²) in [4.78, 5) is 28.7. The van der Waals surface area contributed by atoms with Crippen molar-refractivity contribution in [3.05, 3.63) is 127 Å². The van der Waals surface area contributed by atoms with Gasteiger partial charge in [-0.1, -0.05) is 60.7 Å². The maximum absolute atomic E-state index is 13.3. The highest BCUT2D eigenvalue weighted by Crippen LogP contribution is 2.35. The third kappa shape index (κ3) is 6.72. The van der Waals surface area contributed by atoms with E-state index < -0.39 is 4.92 Å². The van der Waals surface area contributed by atoms with Gasteiger partial charge in [-0.2, -0.15) is 5.10 Å². The van der Waals surface area contributed by atoms with Crippen LogP contribution in [0.4, 0.5) is 5.69 Å². The van der Waals surface area contributed by atoms with Crippen LogP contribution in [-0.4, -0.2) is 28.6 Å². The van der Waals surface area contributed by atoms with Crippen LogP contribution >= 0.6 is 22.6 Å². The lowest BCUT2D eigenvalue weighted by Crippen LogP contribution is -2.18. The molecule has 5 rings (SSSR count). The first-order valence-corrected chi connectivity index (χ1v) is 14.1. The molecule has 0 bridgehead atoms. The predicted molar refractivity (Wildman–Crippen MR) is 170 cm³/mol. The van der Waals surface area contributed by atoms with Gasteiger partial charge in [0.1, 0.15) is 6.61 Å². The highest BCUT2D eigenvalue weighted by molar-refractivity contribution is 14.1. The topological polar surface area (TPSA) is 116 Å². The third-order valence-corrected chi connectivity index (χ3v) is 7.05. The van der Waals surface area contributed by atoms with Crippen molar-refractivity contribution in [2.45, 2.75) is 13.5 Å².